The first-order valence-corrected chi connectivity index (χ1v) is 9.58. The van der Waals surface area contributed by atoms with Crippen molar-refractivity contribution in [3.63, 3.8) is 0 Å². The fraction of sp³-hybridized carbons (Fsp3) is 0.188. The zero-order valence-corrected chi connectivity index (χ0v) is 15.1. The Labute approximate surface area is 154 Å². The highest BCUT2D eigenvalue weighted by molar-refractivity contribution is 7.89. The van der Waals surface area contributed by atoms with Crippen molar-refractivity contribution in [2.45, 2.75) is 23.8 Å². The van der Waals surface area contributed by atoms with Gasteiger partial charge in [0.05, 0.1) is 10.0 Å². The Hall–Kier alpha value is -1.67. The van der Waals surface area contributed by atoms with Crippen molar-refractivity contribution < 1.29 is 17.6 Å². The number of anilines is 1. The molecular formula is C16H13Cl2FN2O3S. The molecule has 0 radical (unpaired) electrons. The molecule has 2 aromatic rings. The van der Waals surface area contributed by atoms with Crippen molar-refractivity contribution in [3.8, 4) is 0 Å². The van der Waals surface area contributed by atoms with E-state index in [9.17, 15) is 17.6 Å². The number of halogens is 3. The van der Waals surface area contributed by atoms with Crippen molar-refractivity contribution in [3.05, 3.63) is 57.8 Å². The zero-order valence-electron chi connectivity index (χ0n) is 12.7. The minimum Gasteiger partial charge on any atom is -0.322 e. The molecule has 0 aliphatic heterocycles. The van der Waals surface area contributed by atoms with Crippen LogP contribution in [0.25, 0.3) is 0 Å². The predicted octanol–water partition coefficient (Wildman–Crippen LogP) is 3.83. The molecule has 0 unspecified atom stereocenters. The Kier molecular flexibility index (Phi) is 5.02. The van der Waals surface area contributed by atoms with Gasteiger partial charge in [0.25, 0.3) is 5.91 Å². The molecule has 5 nitrogen and oxygen atoms in total. The lowest BCUT2D eigenvalue weighted by Crippen LogP contribution is -2.27. The Morgan fingerprint density at radius 3 is 2.44 bits per heavy atom. The fourth-order valence-corrected chi connectivity index (χ4v) is 3.82. The highest BCUT2D eigenvalue weighted by Crippen LogP contribution is 2.26. The van der Waals surface area contributed by atoms with E-state index in [1.165, 1.54) is 18.2 Å². The van der Waals surface area contributed by atoms with Crippen molar-refractivity contribution in [1.29, 1.82) is 0 Å². The van der Waals surface area contributed by atoms with Crippen LogP contribution in [0.2, 0.25) is 10.0 Å². The predicted molar refractivity (Wildman–Crippen MR) is 94.2 cm³/mol. The molecular weight excluding hydrogens is 390 g/mol. The molecule has 1 saturated carbocycles. The van der Waals surface area contributed by atoms with Gasteiger partial charge < -0.3 is 5.32 Å². The molecule has 0 bridgehead atoms. The summed E-state index contributed by atoms with van der Waals surface area (Å²) in [5.74, 6) is -1.51. The van der Waals surface area contributed by atoms with Gasteiger partial charge in [0.2, 0.25) is 10.0 Å². The minimum atomic E-state index is -4.01. The maximum Gasteiger partial charge on any atom is 0.255 e. The molecule has 1 fully saturated rings. The van der Waals surface area contributed by atoms with Crippen LogP contribution in [0.4, 0.5) is 10.1 Å². The summed E-state index contributed by atoms with van der Waals surface area (Å²) in [5, 5.41) is 3.15. The van der Waals surface area contributed by atoms with Crippen LogP contribution in [0.15, 0.2) is 41.3 Å². The molecule has 2 N–H and O–H groups in total. The maximum atomic E-state index is 13.9. The third-order valence-corrected chi connectivity index (χ3v) is 5.83. The lowest BCUT2D eigenvalue weighted by atomic mass is 10.2. The molecule has 2 aromatic carbocycles. The smallest absolute Gasteiger partial charge is 0.255 e. The fourth-order valence-electron chi connectivity index (χ4n) is 2.11. The Bertz CT molecular complexity index is 946. The van der Waals surface area contributed by atoms with Gasteiger partial charge in [0.15, 0.2) is 0 Å². The largest absolute Gasteiger partial charge is 0.322 e. The van der Waals surface area contributed by atoms with Gasteiger partial charge >= 0.3 is 0 Å². The number of benzene rings is 2. The third kappa shape index (κ3) is 4.30. The molecule has 25 heavy (non-hydrogen) atoms. The second kappa shape index (κ2) is 6.92. The quantitative estimate of drug-likeness (QED) is 0.797. The number of carbonyl (C=O) groups excluding carboxylic acids is 1. The number of carbonyl (C=O) groups is 1. The molecule has 0 atom stereocenters. The average Bonchev–Trinajstić information content (AvgIpc) is 3.34. The third-order valence-electron chi connectivity index (χ3n) is 3.56. The summed E-state index contributed by atoms with van der Waals surface area (Å²) in [4.78, 5) is 11.8. The average molecular weight is 403 g/mol. The van der Waals surface area contributed by atoms with Gasteiger partial charge in [-0.1, -0.05) is 23.2 Å². The number of amides is 1. The summed E-state index contributed by atoms with van der Waals surface area (Å²) in [5.41, 5.74) is 0.382. The monoisotopic (exact) mass is 402 g/mol. The summed E-state index contributed by atoms with van der Waals surface area (Å²) >= 11 is 11.7. The SMILES string of the molecule is O=C(Nc1ccc(Cl)c(Cl)c1)c1ccc(F)c(S(=O)(=O)NC2CC2)c1. The summed E-state index contributed by atoms with van der Waals surface area (Å²) in [7, 11) is -4.01. The van der Waals surface area contributed by atoms with Crippen LogP contribution < -0.4 is 10.0 Å². The van der Waals surface area contributed by atoms with E-state index in [1.54, 1.807) is 6.07 Å². The van der Waals surface area contributed by atoms with Gasteiger partial charge in [0, 0.05) is 17.3 Å². The van der Waals surface area contributed by atoms with Crippen LogP contribution in [0.3, 0.4) is 0 Å². The van der Waals surface area contributed by atoms with Gasteiger partial charge in [-0.2, -0.15) is 0 Å². The Morgan fingerprint density at radius 1 is 1.08 bits per heavy atom. The van der Waals surface area contributed by atoms with Crippen LogP contribution >= 0.6 is 23.2 Å². The second-order valence-corrected chi connectivity index (χ2v) is 8.12. The summed E-state index contributed by atoms with van der Waals surface area (Å²) in [6, 6.07) is 7.51. The summed E-state index contributed by atoms with van der Waals surface area (Å²) in [6.45, 7) is 0. The van der Waals surface area contributed by atoms with E-state index >= 15 is 0 Å². The van der Waals surface area contributed by atoms with Crippen LogP contribution in [0.5, 0.6) is 0 Å². The number of rotatable bonds is 5. The first-order chi connectivity index (χ1) is 11.8. The number of nitrogens with one attached hydrogen (secondary N) is 2. The van der Waals surface area contributed by atoms with Gasteiger partial charge in [0.1, 0.15) is 10.7 Å². The first kappa shape index (κ1) is 18.1. The van der Waals surface area contributed by atoms with Gasteiger partial charge in [-0.15, -0.1) is 0 Å². The topological polar surface area (TPSA) is 75.3 Å². The normalized spacial score (nSPS) is 14.4. The Morgan fingerprint density at radius 2 is 1.80 bits per heavy atom. The Balaban J connectivity index is 1.85. The van der Waals surface area contributed by atoms with Crippen molar-refractivity contribution in [2.24, 2.45) is 0 Å². The van der Waals surface area contributed by atoms with Gasteiger partial charge in [-0.3, -0.25) is 4.79 Å². The molecule has 0 aromatic heterocycles. The molecule has 0 saturated heterocycles. The van der Waals surface area contributed by atoms with Crippen LogP contribution in [-0.4, -0.2) is 20.4 Å². The maximum absolute atomic E-state index is 13.9. The van der Waals surface area contributed by atoms with E-state index in [0.717, 1.165) is 25.0 Å². The molecule has 1 aliphatic carbocycles. The number of hydrogen-bond donors (Lipinski definition) is 2. The molecule has 0 heterocycles. The molecule has 132 valence electrons. The molecule has 3 rings (SSSR count). The lowest BCUT2D eigenvalue weighted by Gasteiger charge is -2.10. The van der Waals surface area contributed by atoms with E-state index in [2.05, 4.69) is 10.0 Å². The van der Waals surface area contributed by atoms with Crippen LogP contribution in [0.1, 0.15) is 23.2 Å². The van der Waals surface area contributed by atoms with Gasteiger partial charge in [-0.25, -0.2) is 17.5 Å². The van der Waals surface area contributed by atoms with E-state index in [0.29, 0.717) is 10.7 Å². The number of sulfonamides is 1. The molecule has 1 amide bonds. The van der Waals surface area contributed by atoms with E-state index in [-0.39, 0.29) is 16.6 Å². The molecule has 1 aliphatic rings. The van der Waals surface area contributed by atoms with Crippen molar-refractivity contribution in [1.82, 2.24) is 4.72 Å². The molecule has 0 spiro atoms. The first-order valence-electron chi connectivity index (χ1n) is 7.34. The standard InChI is InChI=1S/C16H13Cl2FN2O3S/c17-12-5-4-11(8-13(12)18)20-16(22)9-1-6-14(19)15(7-9)25(23,24)21-10-2-3-10/h1,4-8,10,21H,2-3H2,(H,20,22). The lowest BCUT2D eigenvalue weighted by molar-refractivity contribution is 0.102. The number of hydrogen-bond acceptors (Lipinski definition) is 3. The van der Waals surface area contributed by atoms with Crippen LogP contribution in [-0.2, 0) is 10.0 Å². The highest BCUT2D eigenvalue weighted by atomic mass is 35.5. The van der Waals surface area contributed by atoms with E-state index in [1.807, 2.05) is 0 Å². The summed E-state index contributed by atoms with van der Waals surface area (Å²) < 4.78 is 40.7. The zero-order chi connectivity index (χ0) is 18.2. The van der Waals surface area contributed by atoms with Crippen LogP contribution in [0, 0.1) is 5.82 Å². The van der Waals surface area contributed by atoms with Gasteiger partial charge in [-0.05, 0) is 49.2 Å². The van der Waals surface area contributed by atoms with E-state index in [4.69, 9.17) is 23.2 Å². The van der Waals surface area contributed by atoms with E-state index < -0.39 is 26.6 Å². The van der Waals surface area contributed by atoms with Crippen molar-refractivity contribution >= 4 is 44.8 Å². The molecule has 9 heteroatoms. The second-order valence-electron chi connectivity index (χ2n) is 5.62. The highest BCUT2D eigenvalue weighted by Gasteiger charge is 2.30. The minimum absolute atomic E-state index is 0.00337. The van der Waals surface area contributed by atoms with Crippen molar-refractivity contribution in [2.75, 3.05) is 5.32 Å². The summed E-state index contributed by atoms with van der Waals surface area (Å²) in [6.07, 6.45) is 1.44.